The molecule has 2 aromatic carbocycles. The van der Waals surface area contributed by atoms with E-state index in [1.807, 2.05) is 24.3 Å². The molecule has 0 bridgehead atoms. The van der Waals surface area contributed by atoms with Crippen LogP contribution in [0.2, 0.25) is 0 Å². The number of aromatic nitrogens is 2. The van der Waals surface area contributed by atoms with Crippen molar-refractivity contribution in [3.05, 3.63) is 79.4 Å². The number of amides is 1. The Kier molecular flexibility index (Phi) is 7.03. The van der Waals surface area contributed by atoms with Crippen LogP contribution < -0.4 is 11.0 Å². The Hall–Kier alpha value is -2.95. The SMILES string of the molecule is O=C(CSc1nc2sc3c(c2c(=O)n1-c1ccc(Br)cc1)CCCC3)N/N=C/c1ccccc1O. The zero-order valence-corrected chi connectivity index (χ0v) is 21.8. The first-order valence-electron chi connectivity index (χ1n) is 11.1. The standard InChI is InChI=1S/C25H21BrN4O3S2/c26-16-9-11-17(12-10-16)30-24(33)22-18-6-2-4-8-20(18)35-23(22)28-25(30)34-14-21(32)29-27-13-15-5-1-3-7-19(15)31/h1,3,5,7,9-13,31H,2,4,6,8,14H2,(H,29,32)/b27-13+. The van der Waals surface area contributed by atoms with Crippen molar-refractivity contribution in [1.82, 2.24) is 15.0 Å². The van der Waals surface area contributed by atoms with Crippen LogP contribution in [0.15, 0.2) is 68.1 Å². The van der Waals surface area contributed by atoms with Gasteiger partial charge < -0.3 is 5.11 Å². The fourth-order valence-electron chi connectivity index (χ4n) is 4.03. The number of phenols is 1. The van der Waals surface area contributed by atoms with E-state index in [1.54, 1.807) is 40.2 Å². The number of benzene rings is 2. The third kappa shape index (κ3) is 5.05. The first-order chi connectivity index (χ1) is 17.0. The predicted octanol–water partition coefficient (Wildman–Crippen LogP) is 5.04. The molecule has 35 heavy (non-hydrogen) atoms. The lowest BCUT2D eigenvalue weighted by atomic mass is 9.97. The maximum atomic E-state index is 13.7. The predicted molar refractivity (Wildman–Crippen MR) is 144 cm³/mol. The molecule has 10 heteroatoms. The number of aromatic hydroxyl groups is 1. The highest BCUT2D eigenvalue weighted by Gasteiger charge is 2.23. The van der Waals surface area contributed by atoms with Crippen LogP contribution in [-0.2, 0) is 17.6 Å². The van der Waals surface area contributed by atoms with Crippen LogP contribution in [-0.4, -0.2) is 32.5 Å². The van der Waals surface area contributed by atoms with Crippen LogP contribution >= 0.6 is 39.0 Å². The molecule has 1 aliphatic carbocycles. The number of hydrazone groups is 1. The summed E-state index contributed by atoms with van der Waals surface area (Å²) in [5.74, 6) is -0.240. The van der Waals surface area contributed by atoms with Crippen LogP contribution in [0.1, 0.15) is 28.8 Å². The number of nitrogens with one attached hydrogen (secondary N) is 1. The van der Waals surface area contributed by atoms with Crippen LogP contribution in [0.4, 0.5) is 0 Å². The number of aryl methyl sites for hydroxylation is 2. The quantitative estimate of drug-likeness (QED) is 0.147. The number of nitrogens with zero attached hydrogens (tertiary/aromatic N) is 3. The molecule has 0 saturated heterocycles. The molecule has 7 nitrogen and oxygen atoms in total. The van der Waals surface area contributed by atoms with Crippen molar-refractivity contribution < 1.29 is 9.90 Å². The van der Waals surface area contributed by atoms with E-state index >= 15 is 0 Å². The number of phenolic OH excluding ortho intramolecular Hbond substituents is 1. The zero-order chi connectivity index (χ0) is 24.4. The number of fused-ring (bicyclic) bond motifs is 3. The van der Waals surface area contributed by atoms with E-state index in [1.165, 1.54) is 22.9 Å². The lowest BCUT2D eigenvalue weighted by Gasteiger charge is -2.13. The summed E-state index contributed by atoms with van der Waals surface area (Å²) in [6.45, 7) is 0. The summed E-state index contributed by atoms with van der Waals surface area (Å²) in [6, 6.07) is 14.2. The summed E-state index contributed by atoms with van der Waals surface area (Å²) >= 11 is 6.22. The summed E-state index contributed by atoms with van der Waals surface area (Å²) in [5, 5.41) is 14.9. The number of thiophene rings is 1. The molecule has 0 fully saturated rings. The fourth-order valence-corrected chi connectivity index (χ4v) is 6.41. The van der Waals surface area contributed by atoms with Gasteiger partial charge in [0.15, 0.2) is 5.16 Å². The lowest BCUT2D eigenvalue weighted by Crippen LogP contribution is -2.24. The monoisotopic (exact) mass is 568 g/mol. The van der Waals surface area contributed by atoms with E-state index in [9.17, 15) is 14.7 Å². The van der Waals surface area contributed by atoms with Gasteiger partial charge in [-0.25, -0.2) is 10.4 Å². The molecule has 5 rings (SSSR count). The highest BCUT2D eigenvalue weighted by molar-refractivity contribution is 9.10. The van der Waals surface area contributed by atoms with Gasteiger partial charge in [0, 0.05) is 14.9 Å². The van der Waals surface area contributed by atoms with Crippen molar-refractivity contribution in [3.8, 4) is 11.4 Å². The molecule has 1 amide bonds. The van der Waals surface area contributed by atoms with Gasteiger partial charge in [0.2, 0.25) is 0 Å². The summed E-state index contributed by atoms with van der Waals surface area (Å²) < 4.78 is 2.51. The summed E-state index contributed by atoms with van der Waals surface area (Å²) in [5.41, 5.74) is 4.70. The van der Waals surface area contributed by atoms with Crippen molar-refractivity contribution in [3.63, 3.8) is 0 Å². The Bertz CT molecular complexity index is 1500. The van der Waals surface area contributed by atoms with Gasteiger partial charge in [0.25, 0.3) is 11.5 Å². The second-order valence-corrected chi connectivity index (χ2v) is 11.0. The number of rotatable bonds is 6. The van der Waals surface area contributed by atoms with Crippen LogP contribution in [0.5, 0.6) is 5.75 Å². The molecule has 2 heterocycles. The molecule has 4 aromatic rings. The number of carbonyl (C=O) groups excluding carboxylic acids is 1. The van der Waals surface area contributed by atoms with E-state index in [-0.39, 0.29) is 23.0 Å². The number of halogens is 1. The molecular weight excluding hydrogens is 548 g/mol. The summed E-state index contributed by atoms with van der Waals surface area (Å²) in [7, 11) is 0. The van der Waals surface area contributed by atoms with Gasteiger partial charge in [-0.05, 0) is 67.6 Å². The van der Waals surface area contributed by atoms with Crippen LogP contribution in [0, 0.1) is 0 Å². The molecule has 0 unspecified atom stereocenters. The number of hydrogen-bond acceptors (Lipinski definition) is 7. The molecule has 0 aliphatic heterocycles. The minimum absolute atomic E-state index is 0.0255. The largest absolute Gasteiger partial charge is 0.507 e. The van der Waals surface area contributed by atoms with Crippen LogP contribution in [0.25, 0.3) is 15.9 Å². The first kappa shape index (κ1) is 23.8. The normalized spacial score (nSPS) is 13.3. The second kappa shape index (κ2) is 10.3. The molecule has 2 aromatic heterocycles. The van der Waals surface area contributed by atoms with Gasteiger partial charge in [0.1, 0.15) is 10.6 Å². The van der Waals surface area contributed by atoms with E-state index in [0.717, 1.165) is 40.5 Å². The number of carbonyl (C=O) groups is 1. The van der Waals surface area contributed by atoms with Crippen molar-refractivity contribution in [2.24, 2.45) is 5.10 Å². The number of hydrogen-bond donors (Lipinski definition) is 2. The Morgan fingerprint density at radius 2 is 1.97 bits per heavy atom. The molecule has 1 aliphatic rings. The number of thioether (sulfide) groups is 1. The zero-order valence-electron chi connectivity index (χ0n) is 18.5. The molecule has 2 N–H and O–H groups in total. The Morgan fingerprint density at radius 1 is 1.20 bits per heavy atom. The van der Waals surface area contributed by atoms with Crippen molar-refractivity contribution >= 4 is 61.4 Å². The second-order valence-electron chi connectivity index (χ2n) is 8.04. The van der Waals surface area contributed by atoms with E-state index in [2.05, 4.69) is 26.5 Å². The summed E-state index contributed by atoms with van der Waals surface area (Å²) in [6.07, 6.45) is 5.47. The molecular formula is C25H21BrN4O3S2. The van der Waals surface area contributed by atoms with Crippen molar-refractivity contribution in [2.75, 3.05) is 5.75 Å². The van der Waals surface area contributed by atoms with Gasteiger partial charge in [-0.15, -0.1) is 11.3 Å². The molecule has 178 valence electrons. The fraction of sp³-hybridized carbons (Fsp3) is 0.200. The topological polar surface area (TPSA) is 96.6 Å². The van der Waals surface area contributed by atoms with Gasteiger partial charge >= 0.3 is 0 Å². The molecule has 0 radical (unpaired) electrons. The van der Waals surface area contributed by atoms with E-state index in [4.69, 9.17) is 4.98 Å². The third-order valence-corrected chi connectivity index (χ3v) is 8.36. The van der Waals surface area contributed by atoms with E-state index < -0.39 is 0 Å². The highest BCUT2D eigenvalue weighted by atomic mass is 79.9. The van der Waals surface area contributed by atoms with Gasteiger partial charge in [-0.3, -0.25) is 14.2 Å². The van der Waals surface area contributed by atoms with Crippen molar-refractivity contribution in [1.29, 1.82) is 0 Å². The van der Waals surface area contributed by atoms with Crippen molar-refractivity contribution in [2.45, 2.75) is 30.8 Å². The summed E-state index contributed by atoms with van der Waals surface area (Å²) in [4.78, 5) is 33.0. The third-order valence-electron chi connectivity index (χ3n) is 5.70. The maximum absolute atomic E-state index is 13.7. The maximum Gasteiger partial charge on any atom is 0.267 e. The number of para-hydroxylation sites is 1. The average Bonchev–Trinajstić information content (AvgIpc) is 3.23. The highest BCUT2D eigenvalue weighted by Crippen LogP contribution is 2.35. The Balaban J connectivity index is 1.44. The van der Waals surface area contributed by atoms with Gasteiger partial charge in [-0.1, -0.05) is 39.8 Å². The van der Waals surface area contributed by atoms with Crippen LogP contribution in [0.3, 0.4) is 0 Å². The smallest absolute Gasteiger partial charge is 0.267 e. The first-order valence-corrected chi connectivity index (χ1v) is 13.7. The minimum atomic E-state index is -0.344. The Labute approximate surface area is 218 Å². The van der Waals surface area contributed by atoms with E-state index in [0.29, 0.717) is 21.8 Å². The molecule has 0 saturated carbocycles. The average molecular weight is 570 g/mol. The molecule has 0 spiro atoms. The lowest BCUT2D eigenvalue weighted by molar-refractivity contribution is -0.118. The van der Waals surface area contributed by atoms with Gasteiger partial charge in [0.05, 0.1) is 23.0 Å². The molecule has 0 atom stereocenters. The minimum Gasteiger partial charge on any atom is -0.507 e. The van der Waals surface area contributed by atoms with Gasteiger partial charge in [-0.2, -0.15) is 5.10 Å². The Morgan fingerprint density at radius 3 is 2.77 bits per heavy atom.